The van der Waals surface area contributed by atoms with Crippen LogP contribution in [0.2, 0.25) is 0 Å². The number of aromatic hydroxyl groups is 1. The second-order valence-corrected chi connectivity index (χ2v) is 2.87. The van der Waals surface area contributed by atoms with Crippen LogP contribution >= 0.6 is 0 Å². The summed E-state index contributed by atoms with van der Waals surface area (Å²) in [6, 6.07) is 8.70. The molecule has 0 saturated carbocycles. The van der Waals surface area contributed by atoms with Crippen molar-refractivity contribution >= 4 is 0 Å². The molecule has 0 bridgehead atoms. The minimum atomic E-state index is 0.254. The van der Waals surface area contributed by atoms with Crippen LogP contribution in [0.1, 0.15) is 5.76 Å². The van der Waals surface area contributed by atoms with E-state index in [2.05, 4.69) is 5.16 Å². The lowest BCUT2D eigenvalue weighted by Crippen LogP contribution is -1.74. The fourth-order valence-corrected chi connectivity index (χ4v) is 1.13. The fourth-order valence-electron chi connectivity index (χ4n) is 1.13. The van der Waals surface area contributed by atoms with E-state index in [1.165, 1.54) is 0 Å². The molecule has 13 heavy (non-hydrogen) atoms. The van der Waals surface area contributed by atoms with E-state index >= 15 is 0 Å². The van der Waals surface area contributed by atoms with E-state index in [4.69, 9.17) is 9.63 Å². The highest BCUT2D eigenvalue weighted by atomic mass is 16.5. The lowest BCUT2D eigenvalue weighted by atomic mass is 10.1. The molecule has 0 aliphatic heterocycles. The third kappa shape index (κ3) is 1.54. The highest BCUT2D eigenvalue weighted by molar-refractivity contribution is 5.59. The van der Waals surface area contributed by atoms with Gasteiger partial charge < -0.3 is 9.63 Å². The van der Waals surface area contributed by atoms with Crippen molar-refractivity contribution in [1.29, 1.82) is 0 Å². The summed E-state index contributed by atoms with van der Waals surface area (Å²) in [6.07, 6.45) is 0. The summed E-state index contributed by atoms with van der Waals surface area (Å²) in [6.45, 7) is 1.84. The largest absolute Gasteiger partial charge is 0.508 e. The van der Waals surface area contributed by atoms with E-state index in [0.29, 0.717) is 0 Å². The predicted molar refractivity (Wildman–Crippen MR) is 48.3 cm³/mol. The zero-order valence-corrected chi connectivity index (χ0v) is 7.19. The van der Waals surface area contributed by atoms with Crippen LogP contribution in [0.3, 0.4) is 0 Å². The highest BCUT2D eigenvalue weighted by Crippen LogP contribution is 2.20. The van der Waals surface area contributed by atoms with Crippen LogP contribution in [0.25, 0.3) is 11.3 Å². The van der Waals surface area contributed by atoms with Crippen LogP contribution in [0.5, 0.6) is 5.75 Å². The van der Waals surface area contributed by atoms with Crippen molar-refractivity contribution in [2.45, 2.75) is 6.92 Å². The number of nitrogens with zero attached hydrogens (tertiary/aromatic N) is 1. The average Bonchev–Trinajstić information content (AvgIpc) is 2.53. The Hall–Kier alpha value is -1.77. The first-order valence-electron chi connectivity index (χ1n) is 3.98. The zero-order valence-electron chi connectivity index (χ0n) is 7.19. The van der Waals surface area contributed by atoms with Gasteiger partial charge in [-0.15, -0.1) is 0 Å². The van der Waals surface area contributed by atoms with Crippen molar-refractivity contribution in [3.05, 3.63) is 36.1 Å². The lowest BCUT2D eigenvalue weighted by Gasteiger charge is -1.94. The van der Waals surface area contributed by atoms with Gasteiger partial charge in [0.15, 0.2) is 0 Å². The molecule has 0 saturated heterocycles. The quantitative estimate of drug-likeness (QED) is 0.723. The van der Waals surface area contributed by atoms with Gasteiger partial charge in [0.2, 0.25) is 0 Å². The van der Waals surface area contributed by atoms with Gasteiger partial charge in [-0.2, -0.15) is 0 Å². The number of hydrogen-bond donors (Lipinski definition) is 1. The van der Waals surface area contributed by atoms with Gasteiger partial charge >= 0.3 is 0 Å². The maximum absolute atomic E-state index is 9.06. The summed E-state index contributed by atoms with van der Waals surface area (Å²) < 4.78 is 4.94. The normalized spacial score (nSPS) is 10.2. The van der Waals surface area contributed by atoms with Gasteiger partial charge in [0, 0.05) is 11.6 Å². The Morgan fingerprint density at radius 1 is 1.23 bits per heavy atom. The van der Waals surface area contributed by atoms with Crippen molar-refractivity contribution in [3.8, 4) is 17.0 Å². The molecule has 1 aromatic carbocycles. The SMILES string of the molecule is Cc1cc(-c2ccc(O)cc2)no1. The maximum atomic E-state index is 9.06. The van der Waals surface area contributed by atoms with E-state index in [-0.39, 0.29) is 5.75 Å². The van der Waals surface area contributed by atoms with E-state index in [1.54, 1.807) is 24.3 Å². The number of benzene rings is 1. The van der Waals surface area contributed by atoms with Crippen molar-refractivity contribution in [2.75, 3.05) is 0 Å². The first kappa shape index (κ1) is 7.86. The molecule has 3 nitrogen and oxygen atoms in total. The first-order valence-corrected chi connectivity index (χ1v) is 3.98. The summed E-state index contributed by atoms with van der Waals surface area (Å²) >= 11 is 0. The number of phenols is 1. The van der Waals surface area contributed by atoms with E-state index in [1.807, 2.05) is 13.0 Å². The molecule has 0 unspecified atom stereocenters. The van der Waals surface area contributed by atoms with Crippen molar-refractivity contribution in [2.24, 2.45) is 0 Å². The molecule has 0 amide bonds. The van der Waals surface area contributed by atoms with Gasteiger partial charge in [0.05, 0.1) is 0 Å². The summed E-state index contributed by atoms with van der Waals surface area (Å²) in [5.74, 6) is 1.03. The van der Waals surface area contributed by atoms with Crippen LogP contribution in [-0.4, -0.2) is 10.3 Å². The third-order valence-corrected chi connectivity index (χ3v) is 1.79. The molecule has 1 N–H and O–H groups in total. The molecule has 0 atom stereocenters. The Morgan fingerprint density at radius 2 is 1.92 bits per heavy atom. The predicted octanol–water partition coefficient (Wildman–Crippen LogP) is 2.36. The van der Waals surface area contributed by atoms with Gasteiger partial charge in [0.1, 0.15) is 17.2 Å². The molecule has 0 fully saturated rings. The molecule has 3 heteroatoms. The fraction of sp³-hybridized carbons (Fsp3) is 0.100. The van der Waals surface area contributed by atoms with E-state index < -0.39 is 0 Å². The molecule has 2 rings (SSSR count). The third-order valence-electron chi connectivity index (χ3n) is 1.79. The Kier molecular flexibility index (Phi) is 1.77. The minimum absolute atomic E-state index is 0.254. The van der Waals surface area contributed by atoms with Crippen LogP contribution < -0.4 is 0 Å². The lowest BCUT2D eigenvalue weighted by molar-refractivity contribution is 0.399. The summed E-state index contributed by atoms with van der Waals surface area (Å²) in [7, 11) is 0. The zero-order chi connectivity index (χ0) is 9.26. The summed E-state index contributed by atoms with van der Waals surface area (Å²) in [5.41, 5.74) is 1.73. The van der Waals surface area contributed by atoms with Gasteiger partial charge in [-0.3, -0.25) is 0 Å². The Bertz CT molecular complexity index is 403. The molecule has 0 radical (unpaired) electrons. The van der Waals surface area contributed by atoms with Crippen molar-refractivity contribution in [1.82, 2.24) is 5.16 Å². The molecule has 0 aliphatic rings. The number of aryl methyl sites for hydroxylation is 1. The number of hydrogen-bond acceptors (Lipinski definition) is 3. The van der Waals surface area contributed by atoms with Crippen LogP contribution in [0, 0.1) is 6.92 Å². The number of rotatable bonds is 1. The van der Waals surface area contributed by atoms with Gasteiger partial charge in [-0.1, -0.05) is 5.16 Å². The van der Waals surface area contributed by atoms with Crippen LogP contribution in [-0.2, 0) is 0 Å². The summed E-state index contributed by atoms with van der Waals surface area (Å²) in [4.78, 5) is 0. The molecule has 1 aromatic heterocycles. The van der Waals surface area contributed by atoms with Gasteiger partial charge in [-0.25, -0.2) is 0 Å². The highest BCUT2D eigenvalue weighted by Gasteiger charge is 2.02. The second-order valence-electron chi connectivity index (χ2n) is 2.87. The standard InChI is InChI=1S/C10H9NO2/c1-7-6-10(11-13-7)8-2-4-9(12)5-3-8/h2-6,12H,1H3. The Morgan fingerprint density at radius 3 is 2.46 bits per heavy atom. The monoisotopic (exact) mass is 175 g/mol. The topological polar surface area (TPSA) is 46.3 Å². The van der Waals surface area contributed by atoms with E-state index in [9.17, 15) is 0 Å². The van der Waals surface area contributed by atoms with Crippen molar-refractivity contribution in [3.63, 3.8) is 0 Å². The molecule has 0 aliphatic carbocycles. The van der Waals surface area contributed by atoms with Crippen molar-refractivity contribution < 1.29 is 9.63 Å². The average molecular weight is 175 g/mol. The van der Waals surface area contributed by atoms with Gasteiger partial charge in [-0.05, 0) is 31.2 Å². The molecular formula is C10H9NO2. The Balaban J connectivity index is 2.41. The first-order chi connectivity index (χ1) is 6.25. The smallest absolute Gasteiger partial charge is 0.134 e. The molecule has 1 heterocycles. The number of phenolic OH excluding ortho intramolecular Hbond substituents is 1. The summed E-state index contributed by atoms with van der Waals surface area (Å²) in [5, 5.41) is 12.9. The van der Waals surface area contributed by atoms with Crippen LogP contribution in [0.4, 0.5) is 0 Å². The van der Waals surface area contributed by atoms with Gasteiger partial charge in [0.25, 0.3) is 0 Å². The minimum Gasteiger partial charge on any atom is -0.508 e. The molecular weight excluding hydrogens is 166 g/mol. The number of aromatic nitrogens is 1. The Labute approximate surface area is 75.6 Å². The molecule has 66 valence electrons. The van der Waals surface area contributed by atoms with Crippen LogP contribution in [0.15, 0.2) is 34.9 Å². The molecule has 0 spiro atoms. The maximum Gasteiger partial charge on any atom is 0.134 e. The molecule has 2 aromatic rings. The van der Waals surface area contributed by atoms with E-state index in [0.717, 1.165) is 17.0 Å². The second kappa shape index (κ2) is 2.94.